The van der Waals surface area contributed by atoms with E-state index in [1.807, 2.05) is 30.3 Å². The van der Waals surface area contributed by atoms with Gasteiger partial charge < -0.3 is 14.4 Å². The second-order valence-electron chi connectivity index (χ2n) is 4.64. The second kappa shape index (κ2) is 7.65. The molecule has 1 amide bonds. The first-order chi connectivity index (χ1) is 9.75. The third-order valence-electron chi connectivity index (χ3n) is 3.15. The second-order valence-corrected chi connectivity index (χ2v) is 4.64. The van der Waals surface area contributed by atoms with Crippen LogP contribution in [0.4, 0.5) is 0 Å². The molecule has 0 aliphatic carbocycles. The molecule has 1 aliphatic rings. The molecule has 20 heavy (non-hydrogen) atoms. The Morgan fingerprint density at radius 2 is 1.80 bits per heavy atom. The van der Waals surface area contributed by atoms with Gasteiger partial charge in [-0.25, -0.2) is 0 Å². The third-order valence-corrected chi connectivity index (χ3v) is 3.15. The van der Waals surface area contributed by atoms with Crippen LogP contribution >= 0.6 is 0 Å². The molecule has 5 heteroatoms. The van der Waals surface area contributed by atoms with E-state index < -0.39 is 0 Å². The monoisotopic (exact) mass is 277 g/mol. The van der Waals surface area contributed by atoms with E-state index in [0.29, 0.717) is 26.3 Å². The molecule has 5 nitrogen and oxygen atoms in total. The minimum atomic E-state index is -0.338. The van der Waals surface area contributed by atoms with Crippen molar-refractivity contribution >= 4 is 11.9 Å². The van der Waals surface area contributed by atoms with E-state index in [2.05, 4.69) is 0 Å². The Labute approximate surface area is 118 Å². The summed E-state index contributed by atoms with van der Waals surface area (Å²) in [6.45, 7) is 2.62. The molecule has 0 saturated carbocycles. The van der Waals surface area contributed by atoms with Gasteiger partial charge in [0, 0.05) is 19.5 Å². The first kappa shape index (κ1) is 14.5. The van der Waals surface area contributed by atoms with Gasteiger partial charge in [-0.3, -0.25) is 9.59 Å². The molecule has 2 rings (SSSR count). The molecule has 0 atom stereocenters. The maximum Gasteiger partial charge on any atom is 0.306 e. The van der Waals surface area contributed by atoms with Gasteiger partial charge in [0.05, 0.1) is 19.6 Å². The lowest BCUT2D eigenvalue weighted by Gasteiger charge is -2.26. The number of rotatable bonds is 5. The number of amides is 1. The highest BCUT2D eigenvalue weighted by atomic mass is 16.5. The molecule has 1 fully saturated rings. The number of esters is 1. The highest BCUT2D eigenvalue weighted by molar-refractivity contribution is 5.81. The van der Waals surface area contributed by atoms with Gasteiger partial charge in [-0.05, 0) is 5.56 Å². The molecule has 1 aromatic rings. The van der Waals surface area contributed by atoms with Gasteiger partial charge in [0.25, 0.3) is 0 Å². The Kier molecular flexibility index (Phi) is 5.55. The zero-order valence-electron chi connectivity index (χ0n) is 11.4. The molecular weight excluding hydrogens is 258 g/mol. The Bertz CT molecular complexity index is 440. The zero-order valence-corrected chi connectivity index (χ0v) is 11.4. The summed E-state index contributed by atoms with van der Waals surface area (Å²) in [4.78, 5) is 25.2. The normalized spacial score (nSPS) is 14.9. The minimum Gasteiger partial charge on any atom is -0.461 e. The van der Waals surface area contributed by atoms with Crippen molar-refractivity contribution in [2.75, 3.05) is 26.3 Å². The van der Waals surface area contributed by atoms with Crippen molar-refractivity contribution in [2.45, 2.75) is 19.4 Å². The molecule has 0 N–H and O–H groups in total. The third kappa shape index (κ3) is 4.66. The van der Waals surface area contributed by atoms with Gasteiger partial charge in [-0.15, -0.1) is 0 Å². The number of carbonyl (C=O) groups is 2. The van der Waals surface area contributed by atoms with Crippen LogP contribution < -0.4 is 0 Å². The molecule has 1 heterocycles. The lowest BCUT2D eigenvalue weighted by atomic mass is 10.2. The standard InChI is InChI=1S/C15H19NO4/c17-14(16-8-10-19-11-9-16)6-7-15(18)20-12-13-4-2-1-3-5-13/h1-5H,6-12H2. The van der Waals surface area contributed by atoms with Crippen molar-refractivity contribution < 1.29 is 19.1 Å². The SMILES string of the molecule is O=C(CCC(=O)N1CCOCC1)OCc1ccccc1. The van der Waals surface area contributed by atoms with E-state index in [1.54, 1.807) is 4.90 Å². The Hall–Kier alpha value is -1.88. The van der Waals surface area contributed by atoms with E-state index >= 15 is 0 Å². The van der Waals surface area contributed by atoms with Crippen LogP contribution in [0.3, 0.4) is 0 Å². The topological polar surface area (TPSA) is 55.8 Å². The summed E-state index contributed by atoms with van der Waals surface area (Å²) in [7, 11) is 0. The van der Waals surface area contributed by atoms with Crippen molar-refractivity contribution in [3.8, 4) is 0 Å². The van der Waals surface area contributed by atoms with Gasteiger partial charge >= 0.3 is 5.97 Å². The van der Waals surface area contributed by atoms with Gasteiger partial charge in [0.2, 0.25) is 5.91 Å². The van der Waals surface area contributed by atoms with Gasteiger partial charge in [-0.2, -0.15) is 0 Å². The molecule has 108 valence electrons. The van der Waals surface area contributed by atoms with Crippen LogP contribution in [-0.2, 0) is 25.7 Å². The van der Waals surface area contributed by atoms with E-state index in [4.69, 9.17) is 9.47 Å². The molecule has 0 bridgehead atoms. The fourth-order valence-electron chi connectivity index (χ4n) is 1.99. The van der Waals surface area contributed by atoms with Crippen LogP contribution in [0.5, 0.6) is 0 Å². The van der Waals surface area contributed by atoms with Crippen LogP contribution in [0.15, 0.2) is 30.3 Å². The molecule has 1 saturated heterocycles. The Balaban J connectivity index is 1.65. The summed E-state index contributed by atoms with van der Waals surface area (Å²) in [5, 5.41) is 0. The number of hydrogen-bond acceptors (Lipinski definition) is 4. The number of nitrogens with zero attached hydrogens (tertiary/aromatic N) is 1. The summed E-state index contributed by atoms with van der Waals surface area (Å²) < 4.78 is 10.3. The average molecular weight is 277 g/mol. The van der Waals surface area contributed by atoms with Crippen LogP contribution in [0.2, 0.25) is 0 Å². The van der Waals surface area contributed by atoms with Crippen LogP contribution in [0, 0.1) is 0 Å². The van der Waals surface area contributed by atoms with Gasteiger partial charge in [0.15, 0.2) is 0 Å². The fraction of sp³-hybridized carbons (Fsp3) is 0.467. The largest absolute Gasteiger partial charge is 0.461 e. The van der Waals surface area contributed by atoms with Crippen molar-refractivity contribution in [1.29, 1.82) is 0 Å². The van der Waals surface area contributed by atoms with Crippen molar-refractivity contribution in [3.63, 3.8) is 0 Å². The summed E-state index contributed by atoms with van der Waals surface area (Å²) in [5.74, 6) is -0.347. The summed E-state index contributed by atoms with van der Waals surface area (Å²) in [6.07, 6.45) is 0.330. The Morgan fingerprint density at radius 1 is 1.10 bits per heavy atom. The molecule has 1 aromatic carbocycles. The number of hydrogen-bond donors (Lipinski definition) is 0. The maximum absolute atomic E-state index is 11.8. The fourth-order valence-corrected chi connectivity index (χ4v) is 1.99. The summed E-state index contributed by atoms with van der Waals surface area (Å²) >= 11 is 0. The van der Waals surface area contributed by atoms with Crippen LogP contribution in [-0.4, -0.2) is 43.1 Å². The quantitative estimate of drug-likeness (QED) is 0.763. The number of benzene rings is 1. The minimum absolute atomic E-state index is 0.00930. The lowest BCUT2D eigenvalue weighted by Crippen LogP contribution is -2.40. The van der Waals surface area contributed by atoms with Crippen molar-refractivity contribution in [3.05, 3.63) is 35.9 Å². The maximum atomic E-state index is 11.8. The van der Waals surface area contributed by atoms with E-state index in [9.17, 15) is 9.59 Å². The summed E-state index contributed by atoms with van der Waals surface area (Å²) in [5.41, 5.74) is 0.945. The van der Waals surface area contributed by atoms with E-state index in [-0.39, 0.29) is 31.3 Å². The summed E-state index contributed by atoms with van der Waals surface area (Å²) in [6, 6.07) is 9.49. The van der Waals surface area contributed by atoms with Crippen molar-refractivity contribution in [1.82, 2.24) is 4.90 Å². The number of ether oxygens (including phenoxy) is 2. The van der Waals surface area contributed by atoms with E-state index in [0.717, 1.165) is 5.56 Å². The predicted molar refractivity (Wildman–Crippen MR) is 72.9 cm³/mol. The Morgan fingerprint density at radius 3 is 2.50 bits per heavy atom. The molecule has 0 unspecified atom stereocenters. The predicted octanol–water partition coefficient (Wildman–Crippen LogP) is 1.37. The van der Waals surface area contributed by atoms with Gasteiger partial charge in [0.1, 0.15) is 6.61 Å². The average Bonchev–Trinajstić information content (AvgIpc) is 2.52. The molecule has 0 spiro atoms. The van der Waals surface area contributed by atoms with E-state index in [1.165, 1.54) is 0 Å². The molecule has 0 radical (unpaired) electrons. The molecular formula is C15H19NO4. The highest BCUT2D eigenvalue weighted by Crippen LogP contribution is 2.05. The van der Waals surface area contributed by atoms with Crippen LogP contribution in [0.1, 0.15) is 18.4 Å². The van der Waals surface area contributed by atoms with Crippen molar-refractivity contribution in [2.24, 2.45) is 0 Å². The number of carbonyl (C=O) groups excluding carboxylic acids is 2. The first-order valence-corrected chi connectivity index (χ1v) is 6.81. The molecule has 0 aromatic heterocycles. The zero-order chi connectivity index (χ0) is 14.2. The van der Waals surface area contributed by atoms with Crippen LogP contribution in [0.25, 0.3) is 0 Å². The first-order valence-electron chi connectivity index (χ1n) is 6.81. The molecule has 1 aliphatic heterocycles. The number of morpholine rings is 1. The smallest absolute Gasteiger partial charge is 0.306 e. The highest BCUT2D eigenvalue weighted by Gasteiger charge is 2.17. The van der Waals surface area contributed by atoms with Gasteiger partial charge in [-0.1, -0.05) is 30.3 Å². The lowest BCUT2D eigenvalue weighted by molar-refractivity contribution is -0.148.